The molecule has 0 atom stereocenters. The molecule has 1 aliphatic heterocycles. The zero-order chi connectivity index (χ0) is 22.0. The Morgan fingerprint density at radius 2 is 2.00 bits per heavy atom. The fourth-order valence-corrected chi connectivity index (χ4v) is 3.87. The summed E-state index contributed by atoms with van der Waals surface area (Å²) in [4.78, 5) is 36.8. The van der Waals surface area contributed by atoms with Gasteiger partial charge in [-0.25, -0.2) is 9.78 Å². The Labute approximate surface area is 181 Å². The maximum absolute atomic E-state index is 13.2. The Hall–Kier alpha value is -3.32. The first-order valence-corrected chi connectivity index (χ1v) is 10.5. The lowest BCUT2D eigenvalue weighted by Gasteiger charge is -2.32. The van der Waals surface area contributed by atoms with Crippen molar-refractivity contribution in [1.82, 2.24) is 14.9 Å². The molecule has 1 aliphatic rings. The molecule has 1 N–H and O–H groups in total. The SMILES string of the molecule is Cc1cccnc1NC(=O)COC(=O)c1c2c(nc3ccccc13)CCN(C(C)C)C2. The highest BCUT2D eigenvalue weighted by molar-refractivity contribution is 6.06. The molecule has 1 amide bonds. The summed E-state index contributed by atoms with van der Waals surface area (Å²) in [5.41, 5.74) is 3.93. The standard InChI is InChI=1S/C24H26N4O3/c1-15(2)28-12-10-20-18(13-28)22(17-8-4-5-9-19(17)26-20)24(30)31-14-21(29)27-23-16(3)7-6-11-25-23/h4-9,11,15H,10,12-14H2,1-3H3,(H,25,27,29). The minimum atomic E-state index is -0.506. The number of anilines is 1. The predicted octanol–water partition coefficient (Wildman–Crippen LogP) is 3.50. The Morgan fingerprint density at radius 1 is 1.19 bits per heavy atom. The molecule has 0 aliphatic carbocycles. The van der Waals surface area contributed by atoms with E-state index in [2.05, 4.69) is 29.0 Å². The first-order chi connectivity index (χ1) is 14.9. The maximum atomic E-state index is 13.2. The molecule has 0 bridgehead atoms. The highest BCUT2D eigenvalue weighted by Crippen LogP contribution is 2.29. The van der Waals surface area contributed by atoms with Gasteiger partial charge in [0, 0.05) is 48.4 Å². The lowest BCUT2D eigenvalue weighted by Crippen LogP contribution is -2.37. The third-order valence-corrected chi connectivity index (χ3v) is 5.61. The Morgan fingerprint density at radius 3 is 2.77 bits per heavy atom. The van der Waals surface area contributed by atoms with Gasteiger partial charge in [0.1, 0.15) is 5.82 Å². The van der Waals surface area contributed by atoms with Crippen LogP contribution in [0.15, 0.2) is 42.6 Å². The van der Waals surface area contributed by atoms with E-state index in [0.29, 0.717) is 24.0 Å². The second-order valence-electron chi connectivity index (χ2n) is 8.04. The summed E-state index contributed by atoms with van der Waals surface area (Å²) >= 11 is 0. The first-order valence-electron chi connectivity index (χ1n) is 10.5. The third kappa shape index (κ3) is 4.41. The summed E-state index contributed by atoms with van der Waals surface area (Å²) in [6.45, 7) is 7.28. The van der Waals surface area contributed by atoms with Gasteiger partial charge in [-0.15, -0.1) is 0 Å². The first kappa shape index (κ1) is 20.9. The number of amides is 1. The number of rotatable bonds is 5. The van der Waals surface area contributed by atoms with Gasteiger partial charge in [-0.1, -0.05) is 24.3 Å². The summed E-state index contributed by atoms with van der Waals surface area (Å²) in [6.07, 6.45) is 2.38. The third-order valence-electron chi connectivity index (χ3n) is 5.61. The summed E-state index contributed by atoms with van der Waals surface area (Å²) < 4.78 is 5.45. The number of nitrogens with one attached hydrogen (secondary N) is 1. The maximum Gasteiger partial charge on any atom is 0.339 e. The van der Waals surface area contributed by atoms with Crippen LogP contribution in [0.1, 0.15) is 41.0 Å². The van der Waals surface area contributed by atoms with E-state index in [1.165, 1.54) is 0 Å². The molecule has 7 heteroatoms. The van der Waals surface area contributed by atoms with Crippen LogP contribution in [0, 0.1) is 6.92 Å². The van der Waals surface area contributed by atoms with E-state index >= 15 is 0 Å². The lowest BCUT2D eigenvalue weighted by atomic mass is 9.95. The largest absolute Gasteiger partial charge is 0.452 e. The molecule has 4 rings (SSSR count). The molecule has 0 fully saturated rings. The van der Waals surface area contributed by atoms with E-state index < -0.39 is 11.9 Å². The number of ether oxygens (including phenoxy) is 1. The number of esters is 1. The minimum Gasteiger partial charge on any atom is -0.452 e. The van der Waals surface area contributed by atoms with Gasteiger partial charge in [-0.3, -0.25) is 14.7 Å². The van der Waals surface area contributed by atoms with Gasteiger partial charge in [-0.05, 0) is 38.5 Å². The number of para-hydroxylation sites is 1. The fraction of sp³-hybridized carbons (Fsp3) is 0.333. The van der Waals surface area contributed by atoms with E-state index in [-0.39, 0.29) is 6.61 Å². The van der Waals surface area contributed by atoms with E-state index in [4.69, 9.17) is 9.72 Å². The number of aryl methyl sites for hydroxylation is 1. The molecule has 2 aromatic heterocycles. The van der Waals surface area contributed by atoms with Crippen molar-refractivity contribution in [3.8, 4) is 0 Å². The van der Waals surface area contributed by atoms with Gasteiger partial charge < -0.3 is 10.1 Å². The summed E-state index contributed by atoms with van der Waals surface area (Å²) in [5, 5.41) is 3.44. The van der Waals surface area contributed by atoms with Gasteiger partial charge in [-0.2, -0.15) is 0 Å². The van der Waals surface area contributed by atoms with Crippen LogP contribution in [-0.2, 0) is 22.5 Å². The molecule has 0 spiro atoms. The van der Waals surface area contributed by atoms with Crippen molar-refractivity contribution in [3.05, 3.63) is 65.0 Å². The van der Waals surface area contributed by atoms with E-state index in [9.17, 15) is 9.59 Å². The number of hydrogen-bond acceptors (Lipinski definition) is 6. The van der Waals surface area contributed by atoms with Crippen molar-refractivity contribution >= 4 is 28.6 Å². The highest BCUT2D eigenvalue weighted by Gasteiger charge is 2.27. The number of benzene rings is 1. The van der Waals surface area contributed by atoms with Gasteiger partial charge in [0.05, 0.1) is 11.1 Å². The van der Waals surface area contributed by atoms with Crippen LogP contribution in [0.2, 0.25) is 0 Å². The van der Waals surface area contributed by atoms with Gasteiger partial charge >= 0.3 is 5.97 Å². The smallest absolute Gasteiger partial charge is 0.339 e. The fourth-order valence-electron chi connectivity index (χ4n) is 3.87. The van der Waals surface area contributed by atoms with Gasteiger partial charge in [0.25, 0.3) is 5.91 Å². The zero-order valence-electron chi connectivity index (χ0n) is 18.0. The number of pyridine rings is 2. The van der Waals surface area contributed by atoms with Crippen LogP contribution < -0.4 is 5.32 Å². The van der Waals surface area contributed by atoms with Crippen LogP contribution in [0.25, 0.3) is 10.9 Å². The Kier molecular flexibility index (Phi) is 5.95. The Balaban J connectivity index is 1.59. The van der Waals surface area contributed by atoms with Crippen LogP contribution >= 0.6 is 0 Å². The normalized spacial score (nSPS) is 13.8. The molecule has 3 heterocycles. The number of fused-ring (bicyclic) bond motifs is 2. The van der Waals surface area contributed by atoms with Crippen LogP contribution in [0.3, 0.4) is 0 Å². The second kappa shape index (κ2) is 8.81. The monoisotopic (exact) mass is 418 g/mol. The number of carbonyl (C=O) groups is 2. The average Bonchev–Trinajstić information content (AvgIpc) is 2.77. The molecule has 0 radical (unpaired) electrons. The van der Waals surface area contributed by atoms with Crippen molar-refractivity contribution in [3.63, 3.8) is 0 Å². The molecule has 7 nitrogen and oxygen atoms in total. The molecule has 160 valence electrons. The number of hydrogen-bond donors (Lipinski definition) is 1. The summed E-state index contributed by atoms with van der Waals surface area (Å²) in [5.74, 6) is -0.470. The van der Waals surface area contributed by atoms with Crippen molar-refractivity contribution in [2.24, 2.45) is 0 Å². The van der Waals surface area contributed by atoms with Gasteiger partial charge in [0.2, 0.25) is 0 Å². The zero-order valence-corrected chi connectivity index (χ0v) is 18.0. The van der Waals surface area contributed by atoms with Crippen molar-refractivity contribution in [2.45, 2.75) is 39.8 Å². The molecule has 0 unspecified atom stereocenters. The van der Waals surface area contributed by atoms with Crippen LogP contribution in [0.4, 0.5) is 5.82 Å². The van der Waals surface area contributed by atoms with Gasteiger partial charge in [0.15, 0.2) is 6.61 Å². The number of nitrogens with zero attached hydrogens (tertiary/aromatic N) is 3. The topological polar surface area (TPSA) is 84.4 Å². The van der Waals surface area contributed by atoms with Crippen molar-refractivity contribution < 1.29 is 14.3 Å². The molecule has 1 aromatic carbocycles. The lowest BCUT2D eigenvalue weighted by molar-refractivity contribution is -0.119. The summed E-state index contributed by atoms with van der Waals surface area (Å²) in [6, 6.07) is 11.6. The number of aromatic nitrogens is 2. The average molecular weight is 418 g/mol. The highest BCUT2D eigenvalue weighted by atomic mass is 16.5. The second-order valence-corrected chi connectivity index (χ2v) is 8.04. The molecular formula is C24H26N4O3. The number of carbonyl (C=O) groups excluding carboxylic acids is 2. The molecule has 0 saturated heterocycles. The predicted molar refractivity (Wildman–Crippen MR) is 119 cm³/mol. The molecular weight excluding hydrogens is 392 g/mol. The van der Waals surface area contributed by atoms with Crippen molar-refractivity contribution in [1.29, 1.82) is 0 Å². The minimum absolute atomic E-state index is 0.357. The molecule has 3 aromatic rings. The van der Waals surface area contributed by atoms with E-state index in [0.717, 1.165) is 40.7 Å². The van der Waals surface area contributed by atoms with Crippen LogP contribution in [-0.4, -0.2) is 45.9 Å². The quantitative estimate of drug-likeness (QED) is 0.639. The van der Waals surface area contributed by atoms with E-state index in [1.807, 2.05) is 37.3 Å². The van der Waals surface area contributed by atoms with Crippen LogP contribution in [0.5, 0.6) is 0 Å². The van der Waals surface area contributed by atoms with Crippen molar-refractivity contribution in [2.75, 3.05) is 18.5 Å². The summed E-state index contributed by atoms with van der Waals surface area (Å²) in [7, 11) is 0. The molecule has 0 saturated carbocycles. The Bertz CT molecular complexity index is 1140. The van der Waals surface area contributed by atoms with E-state index in [1.54, 1.807) is 12.3 Å². The molecule has 31 heavy (non-hydrogen) atoms.